The van der Waals surface area contributed by atoms with Crippen molar-refractivity contribution in [3.8, 4) is 23.7 Å². The van der Waals surface area contributed by atoms with Crippen molar-refractivity contribution in [1.82, 2.24) is 0 Å². The fraction of sp³-hybridized carbons (Fsp3) is 0.290. The highest BCUT2D eigenvalue weighted by atomic mass is 14.2. The Morgan fingerprint density at radius 3 is 1.81 bits per heavy atom. The van der Waals surface area contributed by atoms with Crippen LogP contribution in [0.15, 0.2) is 66.7 Å². The molecule has 0 fully saturated rings. The SMILES string of the molecule is CCCC1CCc2cc(C#Cc3ccc(C#Cc4ccc(CC)cc4)cc3)ccc2C1. The summed E-state index contributed by atoms with van der Waals surface area (Å²) in [6.07, 6.45) is 7.46. The fourth-order valence-corrected chi connectivity index (χ4v) is 4.31. The summed E-state index contributed by atoms with van der Waals surface area (Å²) in [5.41, 5.74) is 8.58. The van der Waals surface area contributed by atoms with E-state index in [2.05, 4.69) is 104 Å². The van der Waals surface area contributed by atoms with Crippen LogP contribution in [0.25, 0.3) is 0 Å². The first-order valence-corrected chi connectivity index (χ1v) is 11.6. The van der Waals surface area contributed by atoms with Gasteiger partial charge < -0.3 is 0 Å². The molecule has 3 aromatic rings. The van der Waals surface area contributed by atoms with Crippen molar-refractivity contribution in [2.24, 2.45) is 5.92 Å². The van der Waals surface area contributed by atoms with Gasteiger partial charge in [0.15, 0.2) is 0 Å². The summed E-state index contributed by atoms with van der Waals surface area (Å²) in [7, 11) is 0. The molecule has 0 amide bonds. The van der Waals surface area contributed by atoms with Gasteiger partial charge in [-0.3, -0.25) is 0 Å². The highest BCUT2D eigenvalue weighted by Gasteiger charge is 2.17. The molecule has 154 valence electrons. The summed E-state index contributed by atoms with van der Waals surface area (Å²) in [6.45, 7) is 4.46. The van der Waals surface area contributed by atoms with E-state index in [4.69, 9.17) is 0 Å². The van der Waals surface area contributed by atoms with Crippen molar-refractivity contribution in [1.29, 1.82) is 0 Å². The maximum Gasteiger partial charge on any atom is 0.0251 e. The van der Waals surface area contributed by atoms with Crippen molar-refractivity contribution >= 4 is 0 Å². The van der Waals surface area contributed by atoms with Crippen molar-refractivity contribution in [3.05, 3.63) is 106 Å². The van der Waals surface area contributed by atoms with Crippen LogP contribution in [-0.2, 0) is 19.3 Å². The molecule has 0 aliphatic heterocycles. The van der Waals surface area contributed by atoms with E-state index in [1.54, 1.807) is 0 Å². The smallest absolute Gasteiger partial charge is 0.0251 e. The molecule has 0 bridgehead atoms. The fourth-order valence-electron chi connectivity index (χ4n) is 4.31. The Kier molecular flexibility index (Phi) is 6.92. The summed E-state index contributed by atoms with van der Waals surface area (Å²) in [4.78, 5) is 0. The van der Waals surface area contributed by atoms with Crippen molar-refractivity contribution < 1.29 is 0 Å². The van der Waals surface area contributed by atoms with Gasteiger partial charge in [0.1, 0.15) is 0 Å². The van der Waals surface area contributed by atoms with Gasteiger partial charge >= 0.3 is 0 Å². The molecule has 3 aromatic carbocycles. The van der Waals surface area contributed by atoms with Crippen LogP contribution in [-0.4, -0.2) is 0 Å². The van der Waals surface area contributed by atoms with Gasteiger partial charge in [0.25, 0.3) is 0 Å². The second-order valence-corrected chi connectivity index (χ2v) is 8.51. The van der Waals surface area contributed by atoms with Crippen LogP contribution in [0.1, 0.15) is 72.1 Å². The third-order valence-corrected chi connectivity index (χ3v) is 6.18. The topological polar surface area (TPSA) is 0 Å². The quantitative estimate of drug-likeness (QED) is 0.416. The summed E-state index contributed by atoms with van der Waals surface area (Å²) < 4.78 is 0. The van der Waals surface area contributed by atoms with E-state index < -0.39 is 0 Å². The maximum atomic E-state index is 3.35. The minimum absolute atomic E-state index is 0.867. The van der Waals surface area contributed by atoms with Crippen molar-refractivity contribution in [2.45, 2.75) is 52.4 Å². The van der Waals surface area contributed by atoms with Gasteiger partial charge in [-0.2, -0.15) is 0 Å². The predicted molar refractivity (Wildman–Crippen MR) is 131 cm³/mol. The van der Waals surface area contributed by atoms with Crippen LogP contribution in [0, 0.1) is 29.6 Å². The number of hydrogen-bond acceptors (Lipinski definition) is 0. The molecule has 0 aromatic heterocycles. The third-order valence-electron chi connectivity index (χ3n) is 6.18. The zero-order chi connectivity index (χ0) is 21.5. The molecule has 1 aliphatic carbocycles. The second kappa shape index (κ2) is 10.2. The van der Waals surface area contributed by atoms with E-state index in [0.717, 1.165) is 34.6 Å². The normalized spacial score (nSPS) is 14.6. The molecule has 0 nitrogen and oxygen atoms in total. The van der Waals surface area contributed by atoms with Gasteiger partial charge in [-0.25, -0.2) is 0 Å². The first-order chi connectivity index (χ1) is 15.2. The number of rotatable bonds is 3. The van der Waals surface area contributed by atoms with Crippen molar-refractivity contribution in [3.63, 3.8) is 0 Å². The van der Waals surface area contributed by atoms with Gasteiger partial charge in [0.2, 0.25) is 0 Å². The molecule has 4 rings (SSSR count). The monoisotopic (exact) mass is 402 g/mol. The Bertz CT molecular complexity index is 1140. The van der Waals surface area contributed by atoms with Gasteiger partial charge in [0.05, 0.1) is 0 Å². The Balaban J connectivity index is 1.42. The van der Waals surface area contributed by atoms with Crippen LogP contribution in [0.4, 0.5) is 0 Å². The highest BCUT2D eigenvalue weighted by molar-refractivity contribution is 5.49. The molecule has 31 heavy (non-hydrogen) atoms. The van der Waals surface area contributed by atoms with E-state index in [0.29, 0.717) is 0 Å². The second-order valence-electron chi connectivity index (χ2n) is 8.51. The summed E-state index contributed by atoms with van der Waals surface area (Å²) in [5.74, 6) is 14.0. The molecule has 0 N–H and O–H groups in total. The number of hydrogen-bond donors (Lipinski definition) is 0. The molecule has 1 unspecified atom stereocenters. The molecule has 0 heteroatoms. The molecule has 1 atom stereocenters. The Labute approximate surface area is 187 Å². The number of aryl methyl sites for hydroxylation is 2. The van der Waals surface area contributed by atoms with Gasteiger partial charge in [-0.05, 0) is 96.8 Å². The Hall–Kier alpha value is -3.22. The molecule has 0 spiro atoms. The average molecular weight is 403 g/mol. The van der Waals surface area contributed by atoms with Gasteiger partial charge in [0, 0.05) is 22.3 Å². The van der Waals surface area contributed by atoms with Crippen LogP contribution in [0.3, 0.4) is 0 Å². The Morgan fingerprint density at radius 1 is 0.677 bits per heavy atom. The van der Waals surface area contributed by atoms with E-state index in [-0.39, 0.29) is 0 Å². The minimum atomic E-state index is 0.867. The van der Waals surface area contributed by atoms with Crippen LogP contribution in [0.5, 0.6) is 0 Å². The van der Waals surface area contributed by atoms with E-state index in [9.17, 15) is 0 Å². The van der Waals surface area contributed by atoms with Crippen LogP contribution < -0.4 is 0 Å². The zero-order valence-corrected chi connectivity index (χ0v) is 18.7. The van der Waals surface area contributed by atoms with Gasteiger partial charge in [-0.1, -0.05) is 68.6 Å². The first-order valence-electron chi connectivity index (χ1n) is 11.6. The van der Waals surface area contributed by atoms with E-state index in [1.807, 2.05) is 0 Å². The molecule has 0 saturated heterocycles. The number of benzene rings is 3. The lowest BCUT2D eigenvalue weighted by Gasteiger charge is -2.24. The number of fused-ring (bicyclic) bond motifs is 1. The largest absolute Gasteiger partial charge is 0.0654 e. The average Bonchev–Trinajstić information content (AvgIpc) is 2.82. The predicted octanol–water partition coefficient (Wildman–Crippen LogP) is 6.95. The lowest BCUT2D eigenvalue weighted by atomic mass is 9.81. The van der Waals surface area contributed by atoms with E-state index in [1.165, 1.54) is 48.8 Å². The summed E-state index contributed by atoms with van der Waals surface area (Å²) in [6, 6.07) is 23.5. The Morgan fingerprint density at radius 2 is 1.23 bits per heavy atom. The molecule has 1 aliphatic rings. The third kappa shape index (κ3) is 5.69. The maximum absolute atomic E-state index is 3.35. The minimum Gasteiger partial charge on any atom is -0.0654 e. The van der Waals surface area contributed by atoms with Gasteiger partial charge in [-0.15, -0.1) is 0 Å². The van der Waals surface area contributed by atoms with Crippen molar-refractivity contribution in [2.75, 3.05) is 0 Å². The van der Waals surface area contributed by atoms with E-state index >= 15 is 0 Å². The molecular formula is C31H30. The highest BCUT2D eigenvalue weighted by Crippen LogP contribution is 2.28. The lowest BCUT2D eigenvalue weighted by molar-refractivity contribution is 0.423. The summed E-state index contributed by atoms with van der Waals surface area (Å²) in [5, 5.41) is 0. The molecule has 0 heterocycles. The molecule has 0 saturated carbocycles. The summed E-state index contributed by atoms with van der Waals surface area (Å²) >= 11 is 0. The molecule has 0 radical (unpaired) electrons. The lowest BCUT2D eigenvalue weighted by Crippen LogP contribution is -2.14. The standard InChI is InChI=1S/C31H30/c1-3-5-28-18-20-31-23-29(19-21-30(31)22-28)17-16-27-14-12-26(13-15-27)11-10-25-8-6-24(4-2)7-9-25/h6-9,12-15,19,21,23,28H,3-5,18,20,22H2,1-2H3. The zero-order valence-electron chi connectivity index (χ0n) is 18.7. The molecular weight excluding hydrogens is 372 g/mol. The first kappa shape index (κ1) is 21.0. The van der Waals surface area contributed by atoms with Crippen LogP contribution >= 0.6 is 0 Å². The van der Waals surface area contributed by atoms with Crippen LogP contribution in [0.2, 0.25) is 0 Å².